The Morgan fingerprint density at radius 2 is 1.84 bits per heavy atom. The van der Waals surface area contributed by atoms with E-state index in [0.29, 0.717) is 0 Å². The number of nitrogens with one attached hydrogen (secondary N) is 1. The van der Waals surface area contributed by atoms with Gasteiger partial charge >= 0.3 is 0 Å². The van der Waals surface area contributed by atoms with Gasteiger partial charge in [-0.3, -0.25) is 4.79 Å². The normalized spacial score (nSPS) is 15.5. The number of rotatable bonds is 2. The van der Waals surface area contributed by atoms with Gasteiger partial charge in [-0.25, -0.2) is 0 Å². The Kier molecular flexibility index (Phi) is 4.10. The maximum atomic E-state index is 12.7. The van der Waals surface area contributed by atoms with Crippen LogP contribution in [-0.4, -0.2) is 44.1 Å². The Labute approximate surface area is 114 Å². The molecule has 0 spiro atoms. The fourth-order valence-electron chi connectivity index (χ4n) is 2.61. The first-order valence-corrected chi connectivity index (χ1v) is 6.71. The van der Waals surface area contributed by atoms with E-state index in [-0.39, 0.29) is 5.91 Å². The van der Waals surface area contributed by atoms with Crippen LogP contribution in [0.25, 0.3) is 0 Å². The number of carbonyl (C=O) groups is 1. The second kappa shape index (κ2) is 5.61. The molecular formula is C15H22N2O2. The Morgan fingerprint density at radius 1 is 1.21 bits per heavy atom. The molecule has 1 aromatic carbocycles. The number of hydrogen-bond acceptors (Lipinski definition) is 3. The molecule has 4 heteroatoms. The summed E-state index contributed by atoms with van der Waals surface area (Å²) in [7, 11) is 1.67. The van der Waals surface area contributed by atoms with Crippen LogP contribution in [0.15, 0.2) is 6.07 Å². The fourth-order valence-corrected chi connectivity index (χ4v) is 2.61. The molecule has 0 saturated carbocycles. The molecule has 0 aliphatic carbocycles. The van der Waals surface area contributed by atoms with Gasteiger partial charge in [0.15, 0.2) is 0 Å². The number of carbonyl (C=O) groups excluding carboxylic acids is 1. The molecule has 104 valence electrons. The minimum Gasteiger partial charge on any atom is -0.496 e. The maximum Gasteiger partial charge on any atom is 0.254 e. The molecule has 0 radical (unpaired) electrons. The summed E-state index contributed by atoms with van der Waals surface area (Å²) < 4.78 is 5.35. The highest BCUT2D eigenvalue weighted by molar-refractivity contribution is 5.97. The Hall–Kier alpha value is -1.55. The number of benzene rings is 1. The molecule has 1 amide bonds. The molecule has 0 atom stereocenters. The van der Waals surface area contributed by atoms with E-state index in [1.807, 2.05) is 31.7 Å². The van der Waals surface area contributed by atoms with Crippen molar-refractivity contribution in [3.8, 4) is 5.75 Å². The molecule has 1 N–H and O–H groups in total. The van der Waals surface area contributed by atoms with E-state index in [1.54, 1.807) is 7.11 Å². The zero-order valence-electron chi connectivity index (χ0n) is 12.2. The number of amides is 1. The summed E-state index contributed by atoms with van der Waals surface area (Å²) in [5, 5.41) is 3.27. The van der Waals surface area contributed by atoms with E-state index in [0.717, 1.165) is 54.2 Å². The first-order valence-electron chi connectivity index (χ1n) is 6.71. The minimum atomic E-state index is 0.141. The van der Waals surface area contributed by atoms with Crippen molar-refractivity contribution in [3.63, 3.8) is 0 Å². The van der Waals surface area contributed by atoms with Gasteiger partial charge in [0.1, 0.15) is 5.75 Å². The predicted molar refractivity (Wildman–Crippen MR) is 76.0 cm³/mol. The highest BCUT2D eigenvalue weighted by Gasteiger charge is 2.23. The number of aryl methyl sites for hydroxylation is 1. The standard InChI is InChI=1S/C15H22N2O2/c1-10-9-13(19-4)11(2)12(3)14(10)15(18)17-7-5-16-6-8-17/h9,16H,5-8H2,1-4H3. The molecule has 0 aromatic heterocycles. The summed E-state index contributed by atoms with van der Waals surface area (Å²) in [4.78, 5) is 14.6. The van der Waals surface area contributed by atoms with Crippen molar-refractivity contribution in [2.75, 3.05) is 33.3 Å². The molecule has 0 bridgehead atoms. The monoisotopic (exact) mass is 262 g/mol. The summed E-state index contributed by atoms with van der Waals surface area (Å²) in [5.41, 5.74) is 3.90. The molecule has 1 aliphatic heterocycles. The molecule has 1 fully saturated rings. The van der Waals surface area contributed by atoms with Crippen molar-refractivity contribution in [3.05, 3.63) is 28.3 Å². The second-order valence-corrected chi connectivity index (χ2v) is 5.06. The molecule has 0 unspecified atom stereocenters. The van der Waals surface area contributed by atoms with Crippen LogP contribution >= 0.6 is 0 Å². The minimum absolute atomic E-state index is 0.141. The smallest absolute Gasteiger partial charge is 0.254 e. The fraction of sp³-hybridized carbons (Fsp3) is 0.533. The van der Waals surface area contributed by atoms with E-state index in [9.17, 15) is 4.79 Å². The van der Waals surface area contributed by atoms with Gasteiger partial charge in [-0.15, -0.1) is 0 Å². The van der Waals surface area contributed by atoms with Crippen LogP contribution < -0.4 is 10.1 Å². The zero-order chi connectivity index (χ0) is 14.0. The first-order chi connectivity index (χ1) is 9.06. The molecule has 19 heavy (non-hydrogen) atoms. The summed E-state index contributed by atoms with van der Waals surface area (Å²) in [6.45, 7) is 9.29. The van der Waals surface area contributed by atoms with E-state index >= 15 is 0 Å². The average Bonchev–Trinajstić information content (AvgIpc) is 2.43. The molecular weight excluding hydrogens is 240 g/mol. The zero-order valence-corrected chi connectivity index (χ0v) is 12.2. The molecule has 4 nitrogen and oxygen atoms in total. The van der Waals surface area contributed by atoms with Crippen LogP contribution in [0.4, 0.5) is 0 Å². The topological polar surface area (TPSA) is 41.6 Å². The van der Waals surface area contributed by atoms with Crippen molar-refractivity contribution in [2.24, 2.45) is 0 Å². The highest BCUT2D eigenvalue weighted by Crippen LogP contribution is 2.28. The largest absolute Gasteiger partial charge is 0.496 e. The third-order valence-electron chi connectivity index (χ3n) is 3.89. The van der Waals surface area contributed by atoms with Crippen molar-refractivity contribution < 1.29 is 9.53 Å². The molecule has 1 heterocycles. The maximum absolute atomic E-state index is 12.7. The number of ether oxygens (including phenoxy) is 1. The number of hydrogen-bond donors (Lipinski definition) is 1. The molecule has 1 aromatic rings. The SMILES string of the molecule is COc1cc(C)c(C(=O)N2CCNCC2)c(C)c1C. The first kappa shape index (κ1) is 13.9. The Morgan fingerprint density at radius 3 is 2.42 bits per heavy atom. The number of piperazine rings is 1. The lowest BCUT2D eigenvalue weighted by Crippen LogP contribution is -2.46. The van der Waals surface area contributed by atoms with Gasteiger partial charge in [0, 0.05) is 31.7 Å². The van der Waals surface area contributed by atoms with Crippen molar-refractivity contribution in [2.45, 2.75) is 20.8 Å². The van der Waals surface area contributed by atoms with E-state index in [4.69, 9.17) is 4.74 Å². The van der Waals surface area contributed by atoms with Gasteiger partial charge in [0.25, 0.3) is 5.91 Å². The molecule has 1 saturated heterocycles. The van der Waals surface area contributed by atoms with E-state index in [1.165, 1.54) is 0 Å². The van der Waals surface area contributed by atoms with Gasteiger partial charge in [-0.05, 0) is 43.5 Å². The van der Waals surface area contributed by atoms with Gasteiger partial charge < -0.3 is 15.0 Å². The van der Waals surface area contributed by atoms with Crippen molar-refractivity contribution in [1.29, 1.82) is 0 Å². The van der Waals surface area contributed by atoms with Gasteiger partial charge in [0.2, 0.25) is 0 Å². The van der Waals surface area contributed by atoms with Crippen LogP contribution in [0.5, 0.6) is 5.75 Å². The highest BCUT2D eigenvalue weighted by atomic mass is 16.5. The van der Waals surface area contributed by atoms with Crippen LogP contribution in [0.2, 0.25) is 0 Å². The quantitative estimate of drug-likeness (QED) is 0.881. The van der Waals surface area contributed by atoms with Crippen LogP contribution in [-0.2, 0) is 0 Å². The van der Waals surface area contributed by atoms with Gasteiger partial charge in [-0.2, -0.15) is 0 Å². The van der Waals surface area contributed by atoms with Crippen LogP contribution in [0.3, 0.4) is 0 Å². The van der Waals surface area contributed by atoms with Crippen molar-refractivity contribution >= 4 is 5.91 Å². The third-order valence-corrected chi connectivity index (χ3v) is 3.89. The summed E-state index contributed by atoms with van der Waals surface area (Å²) >= 11 is 0. The van der Waals surface area contributed by atoms with E-state index in [2.05, 4.69) is 5.32 Å². The van der Waals surface area contributed by atoms with Gasteiger partial charge in [-0.1, -0.05) is 0 Å². The number of methoxy groups -OCH3 is 1. The predicted octanol–water partition coefficient (Wildman–Crippen LogP) is 1.67. The lowest BCUT2D eigenvalue weighted by molar-refractivity contribution is 0.0734. The Balaban J connectivity index is 2.38. The molecule has 1 aliphatic rings. The lowest BCUT2D eigenvalue weighted by Gasteiger charge is -2.29. The summed E-state index contributed by atoms with van der Waals surface area (Å²) in [6.07, 6.45) is 0. The summed E-state index contributed by atoms with van der Waals surface area (Å²) in [6, 6.07) is 1.96. The van der Waals surface area contributed by atoms with Crippen LogP contribution in [0.1, 0.15) is 27.0 Å². The Bertz CT molecular complexity index is 491. The lowest BCUT2D eigenvalue weighted by atomic mass is 9.96. The summed E-state index contributed by atoms with van der Waals surface area (Å²) in [5.74, 6) is 0.995. The van der Waals surface area contributed by atoms with Crippen LogP contribution in [0, 0.1) is 20.8 Å². The third kappa shape index (κ3) is 2.59. The van der Waals surface area contributed by atoms with E-state index < -0.39 is 0 Å². The van der Waals surface area contributed by atoms with Gasteiger partial charge in [0.05, 0.1) is 7.11 Å². The number of nitrogens with zero attached hydrogens (tertiary/aromatic N) is 1. The average molecular weight is 262 g/mol. The second-order valence-electron chi connectivity index (χ2n) is 5.06. The van der Waals surface area contributed by atoms with Crippen molar-refractivity contribution in [1.82, 2.24) is 10.2 Å². The molecule has 2 rings (SSSR count).